The summed E-state index contributed by atoms with van der Waals surface area (Å²) in [4.78, 5) is 4.01. The van der Waals surface area contributed by atoms with E-state index in [0.29, 0.717) is 5.69 Å². The number of aromatic nitrogens is 1. The first kappa shape index (κ1) is 7.59. The summed E-state index contributed by atoms with van der Waals surface area (Å²) < 4.78 is 0.941. The normalized spacial score (nSPS) is 9.40. The second kappa shape index (κ2) is 3.05. The van der Waals surface area contributed by atoms with Crippen molar-refractivity contribution in [3.8, 4) is 0 Å². The molecule has 0 fully saturated rings. The molecule has 1 aromatic rings. The van der Waals surface area contributed by atoms with Crippen LogP contribution in [-0.4, -0.2) is 12.0 Å². The van der Waals surface area contributed by atoms with Gasteiger partial charge < -0.3 is 11.1 Å². The lowest BCUT2D eigenvalue weighted by Crippen LogP contribution is -1.97. The van der Waals surface area contributed by atoms with E-state index in [1.54, 1.807) is 6.20 Å². The van der Waals surface area contributed by atoms with Crippen LogP contribution >= 0.6 is 22.6 Å². The van der Waals surface area contributed by atoms with Crippen molar-refractivity contribution < 1.29 is 0 Å². The average Bonchev–Trinajstić information content (AvgIpc) is 1.94. The molecule has 0 aliphatic rings. The Kier molecular flexibility index (Phi) is 2.31. The van der Waals surface area contributed by atoms with Crippen LogP contribution in [0.25, 0.3) is 0 Å². The molecule has 3 N–H and O–H groups in total. The molecule has 4 heteroatoms. The number of pyridine rings is 1. The van der Waals surface area contributed by atoms with E-state index >= 15 is 0 Å². The highest BCUT2D eigenvalue weighted by Crippen LogP contribution is 2.17. The van der Waals surface area contributed by atoms with Crippen LogP contribution in [0.1, 0.15) is 0 Å². The van der Waals surface area contributed by atoms with Crippen LogP contribution in [0.3, 0.4) is 0 Å². The average molecular weight is 249 g/mol. The van der Waals surface area contributed by atoms with E-state index in [4.69, 9.17) is 5.73 Å². The lowest BCUT2D eigenvalue weighted by atomic mass is 10.3. The van der Waals surface area contributed by atoms with Gasteiger partial charge in [-0.1, -0.05) is 0 Å². The van der Waals surface area contributed by atoms with Gasteiger partial charge in [0.25, 0.3) is 0 Å². The zero-order valence-electron chi connectivity index (χ0n) is 5.56. The molecule has 0 amide bonds. The number of halogens is 1. The molecule has 0 spiro atoms. The number of hydrogen-bond donors (Lipinski definition) is 2. The third-order valence-corrected chi connectivity index (χ3v) is 1.76. The van der Waals surface area contributed by atoms with E-state index in [0.717, 1.165) is 9.39 Å². The van der Waals surface area contributed by atoms with Gasteiger partial charge in [-0.2, -0.15) is 0 Å². The first-order chi connectivity index (χ1) is 4.74. The van der Waals surface area contributed by atoms with Gasteiger partial charge >= 0.3 is 0 Å². The highest BCUT2D eigenvalue weighted by atomic mass is 127. The third-order valence-electron chi connectivity index (χ3n) is 1.17. The van der Waals surface area contributed by atoms with Crippen LogP contribution in [0.15, 0.2) is 12.3 Å². The van der Waals surface area contributed by atoms with Gasteiger partial charge in [0.2, 0.25) is 0 Å². The standard InChI is InChI=1S/C6H8IN3/c1-9-5-2-6(7)10-3-4(5)8/h2-3H,8H2,1H3,(H,9,10). The van der Waals surface area contributed by atoms with E-state index in [2.05, 4.69) is 32.9 Å². The smallest absolute Gasteiger partial charge is 0.103 e. The largest absolute Gasteiger partial charge is 0.396 e. The van der Waals surface area contributed by atoms with E-state index in [9.17, 15) is 0 Å². The van der Waals surface area contributed by atoms with Crippen molar-refractivity contribution in [2.45, 2.75) is 0 Å². The summed E-state index contributed by atoms with van der Waals surface area (Å²) in [6, 6.07) is 1.90. The molecule has 0 aromatic carbocycles. The fourth-order valence-corrected chi connectivity index (χ4v) is 1.11. The van der Waals surface area contributed by atoms with E-state index in [1.165, 1.54) is 0 Å². The maximum Gasteiger partial charge on any atom is 0.103 e. The molecule has 1 rings (SSSR count). The number of hydrogen-bond acceptors (Lipinski definition) is 3. The lowest BCUT2D eigenvalue weighted by Gasteiger charge is -2.02. The topological polar surface area (TPSA) is 50.9 Å². The second-order valence-electron chi connectivity index (χ2n) is 1.84. The number of nitrogen functional groups attached to an aromatic ring is 1. The minimum absolute atomic E-state index is 0.683. The van der Waals surface area contributed by atoms with Crippen LogP contribution < -0.4 is 11.1 Å². The molecule has 54 valence electrons. The quantitative estimate of drug-likeness (QED) is 0.582. The fourth-order valence-electron chi connectivity index (χ4n) is 0.657. The van der Waals surface area contributed by atoms with Crippen molar-refractivity contribution in [1.82, 2.24) is 4.98 Å². The molecular weight excluding hydrogens is 241 g/mol. The Bertz CT molecular complexity index is 236. The van der Waals surface area contributed by atoms with Gasteiger partial charge in [0.1, 0.15) is 3.70 Å². The molecule has 3 nitrogen and oxygen atoms in total. The molecule has 10 heavy (non-hydrogen) atoms. The lowest BCUT2D eigenvalue weighted by molar-refractivity contribution is 1.27. The Morgan fingerprint density at radius 2 is 2.40 bits per heavy atom. The Morgan fingerprint density at radius 1 is 1.70 bits per heavy atom. The van der Waals surface area contributed by atoms with Crippen LogP contribution in [-0.2, 0) is 0 Å². The molecule has 0 aliphatic carbocycles. The number of nitrogens with zero attached hydrogens (tertiary/aromatic N) is 1. The predicted octanol–water partition coefficient (Wildman–Crippen LogP) is 1.31. The number of rotatable bonds is 1. The summed E-state index contributed by atoms with van der Waals surface area (Å²) in [5, 5.41) is 2.97. The summed E-state index contributed by atoms with van der Waals surface area (Å²) in [6.07, 6.45) is 1.65. The van der Waals surface area contributed by atoms with Crippen molar-refractivity contribution in [1.29, 1.82) is 0 Å². The van der Waals surface area contributed by atoms with Crippen LogP contribution in [0, 0.1) is 3.70 Å². The van der Waals surface area contributed by atoms with E-state index < -0.39 is 0 Å². The molecule has 0 radical (unpaired) electrons. The zero-order valence-corrected chi connectivity index (χ0v) is 7.71. The SMILES string of the molecule is CNc1cc(I)ncc1N. The van der Waals surface area contributed by atoms with Crippen molar-refractivity contribution in [2.75, 3.05) is 18.1 Å². The van der Waals surface area contributed by atoms with Crippen molar-refractivity contribution in [3.63, 3.8) is 0 Å². The first-order valence-electron chi connectivity index (χ1n) is 2.83. The van der Waals surface area contributed by atoms with E-state index in [1.807, 2.05) is 13.1 Å². The Labute approximate surface area is 73.2 Å². The van der Waals surface area contributed by atoms with Gasteiger partial charge in [0.15, 0.2) is 0 Å². The second-order valence-corrected chi connectivity index (χ2v) is 2.95. The fraction of sp³-hybridized carbons (Fsp3) is 0.167. The number of nitrogens with two attached hydrogens (primary N) is 1. The molecular formula is C6H8IN3. The van der Waals surface area contributed by atoms with Gasteiger partial charge in [-0.05, 0) is 28.7 Å². The maximum atomic E-state index is 5.57. The van der Waals surface area contributed by atoms with Gasteiger partial charge in [-0.3, -0.25) is 0 Å². The van der Waals surface area contributed by atoms with Crippen LogP contribution in [0.2, 0.25) is 0 Å². The Balaban J connectivity index is 3.09. The van der Waals surface area contributed by atoms with Gasteiger partial charge in [0.05, 0.1) is 17.6 Å². The molecule has 1 aromatic heterocycles. The van der Waals surface area contributed by atoms with Crippen molar-refractivity contribution >= 4 is 34.0 Å². The van der Waals surface area contributed by atoms with Crippen molar-refractivity contribution in [3.05, 3.63) is 16.0 Å². The van der Waals surface area contributed by atoms with Gasteiger partial charge in [-0.15, -0.1) is 0 Å². The van der Waals surface area contributed by atoms with Crippen LogP contribution in [0.4, 0.5) is 11.4 Å². The summed E-state index contributed by atoms with van der Waals surface area (Å²) in [5.41, 5.74) is 7.18. The first-order valence-corrected chi connectivity index (χ1v) is 3.90. The van der Waals surface area contributed by atoms with Crippen molar-refractivity contribution in [2.24, 2.45) is 0 Å². The van der Waals surface area contributed by atoms with Gasteiger partial charge in [-0.25, -0.2) is 4.98 Å². The minimum Gasteiger partial charge on any atom is -0.396 e. The molecule has 1 heterocycles. The summed E-state index contributed by atoms with van der Waals surface area (Å²) in [5.74, 6) is 0. The summed E-state index contributed by atoms with van der Waals surface area (Å²) >= 11 is 2.14. The van der Waals surface area contributed by atoms with E-state index in [-0.39, 0.29) is 0 Å². The monoisotopic (exact) mass is 249 g/mol. The zero-order chi connectivity index (χ0) is 7.56. The minimum atomic E-state index is 0.683. The van der Waals surface area contributed by atoms with Gasteiger partial charge in [0, 0.05) is 7.05 Å². The molecule has 0 aliphatic heterocycles. The highest BCUT2D eigenvalue weighted by Gasteiger charge is 1.96. The highest BCUT2D eigenvalue weighted by molar-refractivity contribution is 14.1. The third kappa shape index (κ3) is 1.50. The Hall–Kier alpha value is -0.520. The molecule has 0 saturated heterocycles. The predicted molar refractivity (Wildman–Crippen MR) is 50.9 cm³/mol. The molecule has 0 saturated carbocycles. The molecule has 0 bridgehead atoms. The maximum absolute atomic E-state index is 5.57. The summed E-state index contributed by atoms with van der Waals surface area (Å²) in [6.45, 7) is 0. The molecule has 0 unspecified atom stereocenters. The Morgan fingerprint density at radius 3 is 2.90 bits per heavy atom. The van der Waals surface area contributed by atoms with Crippen LogP contribution in [0.5, 0.6) is 0 Å². The molecule has 0 atom stereocenters. The summed E-state index contributed by atoms with van der Waals surface area (Å²) in [7, 11) is 1.84. The number of anilines is 2. The number of nitrogens with one attached hydrogen (secondary N) is 1.